The van der Waals surface area contributed by atoms with Crippen LogP contribution in [0.5, 0.6) is 0 Å². The summed E-state index contributed by atoms with van der Waals surface area (Å²) in [5.41, 5.74) is 9.40. The topological polar surface area (TPSA) is 38.0 Å². The lowest BCUT2D eigenvalue weighted by Crippen LogP contribution is -2.35. The molecule has 2 heteroatoms. The van der Waals surface area contributed by atoms with Crippen molar-refractivity contribution in [3.05, 3.63) is 47.7 Å². The Labute approximate surface area is 143 Å². The molecule has 0 saturated heterocycles. The highest BCUT2D eigenvalue weighted by atomic mass is 14.9. The fraction of sp³-hybridized carbons (Fsp3) is 0.619. The normalized spacial score (nSPS) is 12.4. The molecule has 3 N–H and O–H groups in total. The Hall–Kier alpha value is -1.28. The number of benzene rings is 1. The maximum absolute atomic E-state index is 5.62. The van der Waals surface area contributed by atoms with Gasteiger partial charge in [-0.05, 0) is 37.7 Å². The van der Waals surface area contributed by atoms with Gasteiger partial charge in [-0.1, -0.05) is 75.9 Å². The van der Waals surface area contributed by atoms with Gasteiger partial charge in [-0.25, -0.2) is 0 Å². The number of aryl methyl sites for hydroxylation is 2. The SMILES string of the molecule is C=C(CN)NC(CCCCCCCc1ccc(C)cc1)C(C)C. The molecule has 0 radical (unpaired) electrons. The molecule has 130 valence electrons. The summed E-state index contributed by atoms with van der Waals surface area (Å²) in [6.45, 7) is 11.2. The van der Waals surface area contributed by atoms with Crippen LogP contribution in [-0.2, 0) is 6.42 Å². The summed E-state index contributed by atoms with van der Waals surface area (Å²) in [7, 11) is 0. The molecule has 0 heterocycles. The predicted octanol–water partition coefficient (Wildman–Crippen LogP) is 4.96. The molecule has 0 aliphatic carbocycles. The van der Waals surface area contributed by atoms with E-state index in [9.17, 15) is 0 Å². The summed E-state index contributed by atoms with van der Waals surface area (Å²) in [4.78, 5) is 0. The van der Waals surface area contributed by atoms with Gasteiger partial charge in [0.05, 0.1) is 0 Å². The van der Waals surface area contributed by atoms with Gasteiger partial charge in [0.1, 0.15) is 0 Å². The molecule has 0 aliphatic rings. The summed E-state index contributed by atoms with van der Waals surface area (Å²) in [6.07, 6.45) is 9.03. The zero-order chi connectivity index (χ0) is 17.1. The van der Waals surface area contributed by atoms with Gasteiger partial charge in [0.25, 0.3) is 0 Å². The Morgan fingerprint density at radius 3 is 2.26 bits per heavy atom. The smallest absolute Gasteiger partial charge is 0.0322 e. The lowest BCUT2D eigenvalue weighted by molar-refractivity contribution is 0.387. The van der Waals surface area contributed by atoms with E-state index in [0.29, 0.717) is 18.5 Å². The van der Waals surface area contributed by atoms with Crippen LogP contribution >= 0.6 is 0 Å². The van der Waals surface area contributed by atoms with Gasteiger partial charge in [0.15, 0.2) is 0 Å². The highest BCUT2D eigenvalue weighted by Gasteiger charge is 2.12. The minimum absolute atomic E-state index is 0.513. The standard InChI is InChI=1S/C21H36N2/c1-17(2)21(23-19(4)16-22)11-9-7-5-6-8-10-20-14-12-18(3)13-15-20/h12-15,17,21,23H,4-11,16,22H2,1-3H3. The number of nitrogens with two attached hydrogens (primary N) is 1. The molecule has 0 amide bonds. The number of nitrogens with one attached hydrogen (secondary N) is 1. The summed E-state index contributed by atoms with van der Waals surface area (Å²) in [5.74, 6) is 0.625. The summed E-state index contributed by atoms with van der Waals surface area (Å²) in [5, 5.41) is 3.47. The molecule has 0 saturated carbocycles. The van der Waals surface area contributed by atoms with Crippen LogP contribution in [-0.4, -0.2) is 12.6 Å². The molecular weight excluding hydrogens is 280 g/mol. The minimum atomic E-state index is 0.513. The third-order valence-electron chi connectivity index (χ3n) is 4.54. The van der Waals surface area contributed by atoms with Gasteiger partial charge in [0, 0.05) is 18.3 Å². The Kier molecular flexibility index (Phi) is 9.70. The average molecular weight is 317 g/mol. The highest BCUT2D eigenvalue weighted by molar-refractivity contribution is 5.21. The second-order valence-electron chi connectivity index (χ2n) is 7.09. The van der Waals surface area contributed by atoms with Crippen molar-refractivity contribution in [2.24, 2.45) is 11.7 Å². The van der Waals surface area contributed by atoms with Crippen molar-refractivity contribution in [2.75, 3.05) is 6.54 Å². The zero-order valence-electron chi connectivity index (χ0n) is 15.4. The second kappa shape index (κ2) is 11.3. The van der Waals surface area contributed by atoms with E-state index < -0.39 is 0 Å². The Balaban J connectivity index is 2.09. The van der Waals surface area contributed by atoms with Gasteiger partial charge in [-0.3, -0.25) is 0 Å². The van der Waals surface area contributed by atoms with Gasteiger partial charge >= 0.3 is 0 Å². The van der Waals surface area contributed by atoms with Crippen molar-refractivity contribution < 1.29 is 0 Å². The van der Waals surface area contributed by atoms with Gasteiger partial charge in [0.2, 0.25) is 0 Å². The Morgan fingerprint density at radius 1 is 1.04 bits per heavy atom. The number of unbranched alkanes of at least 4 members (excludes halogenated alkanes) is 4. The molecule has 1 atom stereocenters. The fourth-order valence-corrected chi connectivity index (χ4v) is 2.87. The van der Waals surface area contributed by atoms with Crippen molar-refractivity contribution in [3.63, 3.8) is 0 Å². The molecule has 1 rings (SSSR count). The van der Waals surface area contributed by atoms with E-state index in [0.717, 1.165) is 5.70 Å². The van der Waals surface area contributed by atoms with Crippen molar-refractivity contribution in [1.29, 1.82) is 0 Å². The Bertz CT molecular complexity index is 434. The van der Waals surface area contributed by atoms with Crippen LogP contribution in [0.4, 0.5) is 0 Å². The molecular formula is C21H36N2. The van der Waals surface area contributed by atoms with E-state index in [1.165, 1.54) is 56.1 Å². The molecule has 0 aliphatic heterocycles. The monoisotopic (exact) mass is 316 g/mol. The van der Waals surface area contributed by atoms with E-state index in [2.05, 4.69) is 56.9 Å². The largest absolute Gasteiger partial charge is 0.385 e. The molecule has 0 spiro atoms. The lowest BCUT2D eigenvalue weighted by Gasteiger charge is -2.24. The molecule has 0 aromatic heterocycles. The second-order valence-corrected chi connectivity index (χ2v) is 7.09. The minimum Gasteiger partial charge on any atom is -0.385 e. The molecule has 1 aromatic rings. The van der Waals surface area contributed by atoms with Crippen molar-refractivity contribution in [3.8, 4) is 0 Å². The number of hydrogen-bond acceptors (Lipinski definition) is 2. The number of hydrogen-bond donors (Lipinski definition) is 2. The molecule has 0 fully saturated rings. The van der Waals surface area contributed by atoms with Crippen molar-refractivity contribution >= 4 is 0 Å². The van der Waals surface area contributed by atoms with Crippen molar-refractivity contribution in [2.45, 2.75) is 71.8 Å². The third kappa shape index (κ3) is 8.80. The van der Waals surface area contributed by atoms with E-state index in [1.54, 1.807) is 0 Å². The molecule has 0 bridgehead atoms. The molecule has 1 unspecified atom stereocenters. The molecule has 1 aromatic carbocycles. The van der Waals surface area contributed by atoms with Crippen LogP contribution < -0.4 is 11.1 Å². The average Bonchev–Trinajstić information content (AvgIpc) is 2.54. The summed E-state index contributed by atoms with van der Waals surface area (Å²) < 4.78 is 0. The van der Waals surface area contributed by atoms with Gasteiger partial charge < -0.3 is 11.1 Å². The fourth-order valence-electron chi connectivity index (χ4n) is 2.87. The first kappa shape index (κ1) is 19.8. The molecule has 2 nitrogen and oxygen atoms in total. The van der Waals surface area contributed by atoms with Crippen LogP contribution in [0.2, 0.25) is 0 Å². The lowest BCUT2D eigenvalue weighted by atomic mass is 9.96. The van der Waals surface area contributed by atoms with Crippen LogP contribution in [0.1, 0.15) is 63.5 Å². The summed E-state index contributed by atoms with van der Waals surface area (Å²) >= 11 is 0. The van der Waals surface area contributed by atoms with Gasteiger partial charge in [-0.15, -0.1) is 0 Å². The zero-order valence-corrected chi connectivity index (χ0v) is 15.4. The maximum Gasteiger partial charge on any atom is 0.0322 e. The van der Waals surface area contributed by atoms with Gasteiger partial charge in [-0.2, -0.15) is 0 Å². The first-order chi connectivity index (χ1) is 11.0. The Morgan fingerprint density at radius 2 is 1.65 bits per heavy atom. The van der Waals surface area contributed by atoms with Crippen molar-refractivity contribution in [1.82, 2.24) is 5.32 Å². The van der Waals surface area contributed by atoms with Crippen LogP contribution in [0.25, 0.3) is 0 Å². The quantitative estimate of drug-likeness (QED) is 0.535. The van der Waals surface area contributed by atoms with E-state index in [4.69, 9.17) is 5.73 Å². The maximum atomic E-state index is 5.62. The first-order valence-corrected chi connectivity index (χ1v) is 9.23. The van der Waals surface area contributed by atoms with Crippen LogP contribution in [0.15, 0.2) is 36.5 Å². The van der Waals surface area contributed by atoms with Crippen LogP contribution in [0.3, 0.4) is 0 Å². The van der Waals surface area contributed by atoms with E-state index >= 15 is 0 Å². The number of rotatable bonds is 12. The van der Waals surface area contributed by atoms with Crippen LogP contribution in [0, 0.1) is 12.8 Å². The van der Waals surface area contributed by atoms with E-state index in [1.807, 2.05) is 0 Å². The summed E-state index contributed by atoms with van der Waals surface area (Å²) in [6, 6.07) is 9.46. The predicted molar refractivity (Wildman–Crippen MR) is 103 cm³/mol. The van der Waals surface area contributed by atoms with E-state index in [-0.39, 0.29) is 0 Å². The third-order valence-corrected chi connectivity index (χ3v) is 4.54. The highest BCUT2D eigenvalue weighted by Crippen LogP contribution is 2.15. The first-order valence-electron chi connectivity index (χ1n) is 9.23. The molecule has 23 heavy (non-hydrogen) atoms.